The third kappa shape index (κ3) is 4.72. The molecular weight excluding hydrogens is 330 g/mol. The van der Waals surface area contributed by atoms with Gasteiger partial charge in [0.05, 0.1) is 10.1 Å². The van der Waals surface area contributed by atoms with Gasteiger partial charge in [-0.2, -0.15) is 0 Å². The second-order valence-electron chi connectivity index (χ2n) is 4.44. The van der Waals surface area contributed by atoms with Crippen molar-refractivity contribution in [3.63, 3.8) is 0 Å². The highest BCUT2D eigenvalue weighted by molar-refractivity contribution is 7.99. The minimum absolute atomic E-state index is 0.00487. The summed E-state index contributed by atoms with van der Waals surface area (Å²) in [6.45, 7) is 2.82. The third-order valence-electron chi connectivity index (χ3n) is 2.80. The van der Waals surface area contributed by atoms with E-state index in [1.807, 2.05) is 16.7 Å². The van der Waals surface area contributed by atoms with Gasteiger partial charge >= 0.3 is 5.97 Å². The maximum Gasteiger partial charge on any atom is 0.313 e. The van der Waals surface area contributed by atoms with Crippen molar-refractivity contribution in [2.75, 3.05) is 5.75 Å². The highest BCUT2D eigenvalue weighted by Gasteiger charge is 2.13. The first kappa shape index (κ1) is 16.3. The highest BCUT2D eigenvalue weighted by atomic mass is 35.5. The van der Waals surface area contributed by atoms with Crippen molar-refractivity contribution in [2.24, 2.45) is 0 Å². The number of aliphatic carboxylic acids is 1. The predicted molar refractivity (Wildman–Crippen MR) is 85.4 cm³/mol. The number of thioether (sulfide) groups is 1. The zero-order valence-corrected chi connectivity index (χ0v) is 14.0. The molecule has 0 atom stereocenters. The van der Waals surface area contributed by atoms with Crippen LogP contribution in [0.5, 0.6) is 0 Å². The SMILES string of the molecule is CCCc1nnc(SCC(=O)O)n1CCc1ccc(Cl)s1. The molecule has 0 unspecified atom stereocenters. The van der Waals surface area contributed by atoms with Crippen LogP contribution in [0.15, 0.2) is 17.3 Å². The number of carboxylic acid groups (broad SMARTS) is 1. The van der Waals surface area contributed by atoms with Crippen LogP contribution in [0.2, 0.25) is 4.34 Å². The van der Waals surface area contributed by atoms with E-state index in [1.165, 1.54) is 16.6 Å². The zero-order chi connectivity index (χ0) is 15.2. The Labute approximate surface area is 136 Å². The zero-order valence-electron chi connectivity index (χ0n) is 11.6. The molecule has 0 fully saturated rings. The van der Waals surface area contributed by atoms with Gasteiger partial charge in [0.2, 0.25) is 0 Å². The minimum Gasteiger partial charge on any atom is -0.481 e. The highest BCUT2D eigenvalue weighted by Crippen LogP contribution is 2.23. The summed E-state index contributed by atoms with van der Waals surface area (Å²) >= 11 is 8.71. The molecule has 0 bridgehead atoms. The summed E-state index contributed by atoms with van der Waals surface area (Å²) in [4.78, 5) is 11.9. The number of aryl methyl sites for hydroxylation is 2. The number of carboxylic acids is 1. The number of hydrogen-bond acceptors (Lipinski definition) is 5. The monoisotopic (exact) mass is 345 g/mol. The molecule has 2 aromatic rings. The topological polar surface area (TPSA) is 68.0 Å². The van der Waals surface area contributed by atoms with Crippen LogP contribution in [0.3, 0.4) is 0 Å². The molecule has 2 aromatic heterocycles. The quantitative estimate of drug-likeness (QED) is 0.743. The fraction of sp³-hybridized carbons (Fsp3) is 0.462. The van der Waals surface area contributed by atoms with Crippen LogP contribution in [0, 0.1) is 0 Å². The van der Waals surface area contributed by atoms with E-state index in [9.17, 15) is 4.79 Å². The van der Waals surface area contributed by atoms with E-state index in [0.29, 0.717) is 5.16 Å². The molecule has 0 saturated carbocycles. The van der Waals surface area contributed by atoms with Gasteiger partial charge in [0, 0.05) is 17.8 Å². The number of hydrogen-bond donors (Lipinski definition) is 1. The van der Waals surface area contributed by atoms with E-state index in [0.717, 1.165) is 36.0 Å². The molecule has 0 aromatic carbocycles. The van der Waals surface area contributed by atoms with Crippen LogP contribution in [-0.4, -0.2) is 31.6 Å². The summed E-state index contributed by atoms with van der Waals surface area (Å²) in [6.07, 6.45) is 2.66. The van der Waals surface area contributed by atoms with Crippen LogP contribution in [0.25, 0.3) is 0 Å². The minimum atomic E-state index is -0.850. The average molecular weight is 346 g/mol. The number of nitrogens with zero attached hydrogens (tertiary/aromatic N) is 3. The Morgan fingerprint density at radius 2 is 2.24 bits per heavy atom. The van der Waals surface area contributed by atoms with Crippen LogP contribution in [0.4, 0.5) is 0 Å². The number of rotatable bonds is 8. The van der Waals surface area contributed by atoms with Crippen molar-refractivity contribution in [2.45, 2.75) is 37.9 Å². The maximum absolute atomic E-state index is 10.7. The van der Waals surface area contributed by atoms with Gasteiger partial charge in [-0.25, -0.2) is 0 Å². The molecule has 114 valence electrons. The molecule has 0 spiro atoms. The lowest BCUT2D eigenvalue weighted by molar-refractivity contribution is -0.133. The van der Waals surface area contributed by atoms with Crippen molar-refractivity contribution in [1.29, 1.82) is 0 Å². The second kappa shape index (κ2) is 7.82. The fourth-order valence-electron chi connectivity index (χ4n) is 1.89. The van der Waals surface area contributed by atoms with Gasteiger partial charge in [-0.3, -0.25) is 4.79 Å². The standard InChI is InChI=1S/C13H16ClN3O2S2/c1-2-3-11-15-16-13(20-8-12(18)19)17(11)7-6-9-4-5-10(14)21-9/h4-5H,2-3,6-8H2,1H3,(H,18,19). The van der Waals surface area contributed by atoms with Gasteiger partial charge < -0.3 is 9.67 Å². The molecule has 8 heteroatoms. The van der Waals surface area contributed by atoms with E-state index in [4.69, 9.17) is 16.7 Å². The van der Waals surface area contributed by atoms with Gasteiger partial charge in [0.15, 0.2) is 5.16 Å². The average Bonchev–Trinajstić information content (AvgIpc) is 3.01. The normalized spacial score (nSPS) is 11.0. The van der Waals surface area contributed by atoms with E-state index >= 15 is 0 Å². The smallest absolute Gasteiger partial charge is 0.313 e. The summed E-state index contributed by atoms with van der Waals surface area (Å²) in [5, 5.41) is 17.8. The summed E-state index contributed by atoms with van der Waals surface area (Å²) in [7, 11) is 0. The van der Waals surface area contributed by atoms with E-state index in [2.05, 4.69) is 17.1 Å². The lowest BCUT2D eigenvalue weighted by Crippen LogP contribution is -2.08. The molecule has 1 N–H and O–H groups in total. The van der Waals surface area contributed by atoms with Crippen molar-refractivity contribution < 1.29 is 9.90 Å². The Morgan fingerprint density at radius 1 is 1.43 bits per heavy atom. The van der Waals surface area contributed by atoms with Crippen LogP contribution >= 0.6 is 34.7 Å². The van der Waals surface area contributed by atoms with Crippen LogP contribution in [0.1, 0.15) is 24.0 Å². The Balaban J connectivity index is 2.09. The largest absolute Gasteiger partial charge is 0.481 e. The molecule has 0 aliphatic carbocycles. The molecule has 2 heterocycles. The van der Waals surface area contributed by atoms with Crippen molar-refractivity contribution >= 4 is 40.7 Å². The molecular formula is C13H16ClN3O2S2. The summed E-state index contributed by atoms with van der Waals surface area (Å²) in [6, 6.07) is 3.90. The number of halogens is 1. The number of carbonyl (C=O) groups is 1. The Hall–Kier alpha value is -1.05. The molecule has 0 radical (unpaired) electrons. The lowest BCUT2D eigenvalue weighted by Gasteiger charge is -2.08. The molecule has 0 amide bonds. The van der Waals surface area contributed by atoms with Crippen molar-refractivity contribution in [3.05, 3.63) is 27.2 Å². The first-order valence-electron chi connectivity index (χ1n) is 6.61. The maximum atomic E-state index is 10.7. The van der Waals surface area contributed by atoms with Gasteiger partial charge in [-0.05, 0) is 25.0 Å². The molecule has 0 saturated heterocycles. The van der Waals surface area contributed by atoms with Crippen molar-refractivity contribution in [3.8, 4) is 0 Å². The summed E-state index contributed by atoms with van der Waals surface area (Å²) < 4.78 is 2.80. The third-order valence-corrected chi connectivity index (χ3v) is 5.04. The summed E-state index contributed by atoms with van der Waals surface area (Å²) in [5.41, 5.74) is 0. The lowest BCUT2D eigenvalue weighted by atomic mass is 10.3. The first-order valence-corrected chi connectivity index (χ1v) is 8.79. The molecule has 0 aliphatic rings. The van der Waals surface area contributed by atoms with Crippen LogP contribution in [-0.2, 0) is 24.2 Å². The Morgan fingerprint density at radius 3 is 2.86 bits per heavy atom. The van der Waals surface area contributed by atoms with E-state index in [-0.39, 0.29) is 5.75 Å². The van der Waals surface area contributed by atoms with Crippen molar-refractivity contribution in [1.82, 2.24) is 14.8 Å². The van der Waals surface area contributed by atoms with Gasteiger partial charge in [0.1, 0.15) is 5.82 Å². The fourth-order valence-corrected chi connectivity index (χ4v) is 3.67. The number of aromatic nitrogens is 3. The molecule has 5 nitrogen and oxygen atoms in total. The second-order valence-corrected chi connectivity index (χ2v) is 7.18. The van der Waals surface area contributed by atoms with E-state index in [1.54, 1.807) is 11.3 Å². The van der Waals surface area contributed by atoms with E-state index < -0.39 is 5.97 Å². The number of thiophene rings is 1. The first-order chi connectivity index (χ1) is 10.1. The Kier molecular flexibility index (Phi) is 6.08. The molecule has 2 rings (SSSR count). The molecule has 21 heavy (non-hydrogen) atoms. The Bertz CT molecular complexity index is 612. The van der Waals surface area contributed by atoms with Crippen LogP contribution < -0.4 is 0 Å². The van der Waals surface area contributed by atoms with Gasteiger partial charge in [0.25, 0.3) is 0 Å². The predicted octanol–water partition coefficient (Wildman–Crippen LogP) is 3.36. The van der Waals surface area contributed by atoms with Gasteiger partial charge in [-0.15, -0.1) is 21.5 Å². The molecule has 0 aliphatic heterocycles. The van der Waals surface area contributed by atoms with Gasteiger partial charge in [-0.1, -0.05) is 30.3 Å². The summed E-state index contributed by atoms with van der Waals surface area (Å²) in [5.74, 6) is 0.0550.